The highest BCUT2D eigenvalue weighted by atomic mass is 16.5. The molecular formula is C14H27NO. The van der Waals surface area contributed by atoms with Crippen LogP contribution in [0, 0.1) is 0 Å². The molecule has 94 valence electrons. The van der Waals surface area contributed by atoms with Crippen LogP contribution in [0.25, 0.3) is 0 Å². The minimum absolute atomic E-state index is 0.533. The van der Waals surface area contributed by atoms with E-state index in [0.29, 0.717) is 12.1 Å². The normalized spacial score (nSPS) is 22.2. The van der Waals surface area contributed by atoms with Crippen molar-refractivity contribution in [1.29, 1.82) is 0 Å². The Kier molecular flexibility index (Phi) is 6.74. The molecule has 2 heteroatoms. The van der Waals surface area contributed by atoms with E-state index in [1.807, 2.05) is 0 Å². The topological polar surface area (TPSA) is 21.3 Å². The van der Waals surface area contributed by atoms with E-state index < -0.39 is 0 Å². The molecule has 0 aliphatic carbocycles. The highest BCUT2D eigenvalue weighted by Crippen LogP contribution is 2.19. The van der Waals surface area contributed by atoms with Gasteiger partial charge in [0.2, 0.25) is 0 Å². The SMILES string of the molecule is C=C(C)CCC(CCC1CCCO1)NCC. The van der Waals surface area contributed by atoms with Gasteiger partial charge in [-0.15, -0.1) is 6.58 Å². The maximum atomic E-state index is 5.66. The molecule has 1 fully saturated rings. The van der Waals surface area contributed by atoms with Gasteiger partial charge in [-0.25, -0.2) is 0 Å². The van der Waals surface area contributed by atoms with Crippen LogP contribution in [0.1, 0.15) is 52.4 Å². The molecule has 0 aromatic carbocycles. The Hall–Kier alpha value is -0.340. The molecule has 0 amide bonds. The summed E-state index contributed by atoms with van der Waals surface area (Å²) in [6.45, 7) is 10.3. The summed E-state index contributed by atoms with van der Waals surface area (Å²) in [5, 5.41) is 3.57. The van der Waals surface area contributed by atoms with Crippen LogP contribution in [0.15, 0.2) is 12.2 Å². The van der Waals surface area contributed by atoms with E-state index in [2.05, 4.69) is 25.7 Å². The summed E-state index contributed by atoms with van der Waals surface area (Å²) in [6.07, 6.45) is 7.87. The third kappa shape index (κ3) is 5.66. The zero-order valence-electron chi connectivity index (χ0n) is 10.9. The number of allylic oxidation sites excluding steroid dienone is 1. The molecule has 1 rings (SSSR count). The van der Waals surface area contributed by atoms with E-state index in [0.717, 1.165) is 19.6 Å². The van der Waals surface area contributed by atoms with Gasteiger partial charge in [-0.05, 0) is 52.0 Å². The molecule has 1 N–H and O–H groups in total. The number of hydrogen-bond donors (Lipinski definition) is 1. The van der Waals surface area contributed by atoms with E-state index in [1.165, 1.54) is 37.7 Å². The summed E-state index contributed by atoms with van der Waals surface area (Å²) in [4.78, 5) is 0. The Bertz CT molecular complexity index is 197. The summed E-state index contributed by atoms with van der Waals surface area (Å²) in [5.74, 6) is 0. The fourth-order valence-electron chi connectivity index (χ4n) is 2.32. The Morgan fingerprint density at radius 3 is 2.88 bits per heavy atom. The number of hydrogen-bond acceptors (Lipinski definition) is 2. The fourth-order valence-corrected chi connectivity index (χ4v) is 2.32. The lowest BCUT2D eigenvalue weighted by molar-refractivity contribution is 0.0993. The highest BCUT2D eigenvalue weighted by Gasteiger charge is 2.17. The molecule has 2 unspecified atom stereocenters. The predicted molar refractivity (Wildman–Crippen MR) is 69.7 cm³/mol. The first kappa shape index (κ1) is 13.7. The Labute approximate surface area is 100 Å². The maximum absolute atomic E-state index is 5.66. The largest absolute Gasteiger partial charge is 0.378 e. The van der Waals surface area contributed by atoms with Gasteiger partial charge in [0, 0.05) is 12.6 Å². The second-order valence-electron chi connectivity index (χ2n) is 4.96. The molecule has 2 nitrogen and oxygen atoms in total. The van der Waals surface area contributed by atoms with Gasteiger partial charge in [-0.1, -0.05) is 12.5 Å². The Balaban J connectivity index is 2.17. The van der Waals surface area contributed by atoms with E-state index in [9.17, 15) is 0 Å². The second kappa shape index (κ2) is 7.86. The number of rotatable bonds is 8. The van der Waals surface area contributed by atoms with Crippen LogP contribution in [0.4, 0.5) is 0 Å². The summed E-state index contributed by atoms with van der Waals surface area (Å²) < 4.78 is 5.66. The number of nitrogens with one attached hydrogen (secondary N) is 1. The van der Waals surface area contributed by atoms with E-state index in [1.54, 1.807) is 0 Å². The van der Waals surface area contributed by atoms with Gasteiger partial charge in [-0.2, -0.15) is 0 Å². The van der Waals surface area contributed by atoms with E-state index >= 15 is 0 Å². The summed E-state index contributed by atoms with van der Waals surface area (Å²) in [5.41, 5.74) is 1.29. The van der Waals surface area contributed by atoms with Gasteiger partial charge in [-0.3, -0.25) is 0 Å². The van der Waals surface area contributed by atoms with Crippen LogP contribution < -0.4 is 5.32 Å². The van der Waals surface area contributed by atoms with Crippen molar-refractivity contribution in [2.24, 2.45) is 0 Å². The number of ether oxygens (including phenoxy) is 1. The van der Waals surface area contributed by atoms with E-state index in [4.69, 9.17) is 4.74 Å². The average molecular weight is 225 g/mol. The van der Waals surface area contributed by atoms with Crippen molar-refractivity contribution in [1.82, 2.24) is 5.32 Å². The smallest absolute Gasteiger partial charge is 0.0576 e. The van der Waals surface area contributed by atoms with Gasteiger partial charge in [0.25, 0.3) is 0 Å². The second-order valence-corrected chi connectivity index (χ2v) is 4.96. The van der Waals surface area contributed by atoms with Crippen molar-refractivity contribution in [3.05, 3.63) is 12.2 Å². The molecule has 16 heavy (non-hydrogen) atoms. The molecule has 0 radical (unpaired) electrons. The first-order chi connectivity index (χ1) is 7.72. The lowest BCUT2D eigenvalue weighted by Crippen LogP contribution is -2.29. The first-order valence-electron chi connectivity index (χ1n) is 6.71. The molecule has 1 aliphatic rings. The molecule has 0 spiro atoms. The van der Waals surface area contributed by atoms with Crippen molar-refractivity contribution >= 4 is 0 Å². The van der Waals surface area contributed by atoms with Gasteiger partial charge in [0.15, 0.2) is 0 Å². The van der Waals surface area contributed by atoms with Gasteiger partial charge in [0.05, 0.1) is 6.10 Å². The minimum Gasteiger partial charge on any atom is -0.378 e. The van der Waals surface area contributed by atoms with Crippen molar-refractivity contribution < 1.29 is 4.74 Å². The van der Waals surface area contributed by atoms with Crippen LogP contribution >= 0.6 is 0 Å². The van der Waals surface area contributed by atoms with Crippen LogP contribution in [0.5, 0.6) is 0 Å². The first-order valence-corrected chi connectivity index (χ1v) is 6.71. The molecule has 0 saturated carbocycles. The molecule has 0 bridgehead atoms. The molecule has 1 saturated heterocycles. The maximum Gasteiger partial charge on any atom is 0.0576 e. The van der Waals surface area contributed by atoms with Crippen molar-refractivity contribution in [2.75, 3.05) is 13.2 Å². The summed E-state index contributed by atoms with van der Waals surface area (Å²) >= 11 is 0. The molecule has 0 aromatic heterocycles. The Morgan fingerprint density at radius 1 is 1.50 bits per heavy atom. The lowest BCUT2D eigenvalue weighted by Gasteiger charge is -2.19. The van der Waals surface area contributed by atoms with Crippen molar-refractivity contribution in [3.8, 4) is 0 Å². The Morgan fingerprint density at radius 2 is 2.31 bits per heavy atom. The van der Waals surface area contributed by atoms with Crippen LogP contribution in [0.2, 0.25) is 0 Å². The minimum atomic E-state index is 0.533. The quantitative estimate of drug-likeness (QED) is 0.640. The molecular weight excluding hydrogens is 198 g/mol. The third-order valence-electron chi connectivity index (χ3n) is 3.27. The average Bonchev–Trinajstić information content (AvgIpc) is 2.75. The standard InChI is InChI=1S/C14H27NO/c1-4-15-13(8-7-12(2)3)9-10-14-6-5-11-16-14/h13-15H,2,4-11H2,1,3H3. The van der Waals surface area contributed by atoms with Gasteiger partial charge in [0.1, 0.15) is 0 Å². The summed E-state index contributed by atoms with van der Waals surface area (Å²) in [7, 11) is 0. The van der Waals surface area contributed by atoms with Gasteiger partial charge < -0.3 is 10.1 Å². The predicted octanol–water partition coefficient (Wildman–Crippen LogP) is 3.28. The molecule has 1 aliphatic heterocycles. The third-order valence-corrected chi connectivity index (χ3v) is 3.27. The van der Waals surface area contributed by atoms with Gasteiger partial charge >= 0.3 is 0 Å². The summed E-state index contributed by atoms with van der Waals surface area (Å²) in [6, 6.07) is 0.644. The van der Waals surface area contributed by atoms with Crippen LogP contribution in [-0.4, -0.2) is 25.3 Å². The molecule has 2 atom stereocenters. The van der Waals surface area contributed by atoms with Crippen molar-refractivity contribution in [3.63, 3.8) is 0 Å². The monoisotopic (exact) mass is 225 g/mol. The van der Waals surface area contributed by atoms with Crippen LogP contribution in [-0.2, 0) is 4.74 Å². The van der Waals surface area contributed by atoms with Crippen molar-refractivity contribution in [2.45, 2.75) is 64.5 Å². The highest BCUT2D eigenvalue weighted by molar-refractivity contribution is 4.89. The lowest BCUT2D eigenvalue weighted by atomic mass is 10.0. The fraction of sp³-hybridized carbons (Fsp3) is 0.857. The zero-order chi connectivity index (χ0) is 11.8. The molecule has 1 heterocycles. The zero-order valence-corrected chi connectivity index (χ0v) is 10.9. The van der Waals surface area contributed by atoms with Crippen LogP contribution in [0.3, 0.4) is 0 Å². The molecule has 0 aromatic rings. The van der Waals surface area contributed by atoms with E-state index in [-0.39, 0.29) is 0 Å².